The van der Waals surface area contributed by atoms with Crippen molar-refractivity contribution >= 4 is 39.8 Å². The second-order valence-electron chi connectivity index (χ2n) is 10.6. The van der Waals surface area contributed by atoms with Crippen LogP contribution >= 0.6 is 0 Å². The molecule has 234 valence electrons. The fraction of sp³-hybridized carbons (Fsp3) is 0.345. The normalized spacial score (nSPS) is 12.5. The number of aromatic nitrogens is 4. The van der Waals surface area contributed by atoms with Crippen molar-refractivity contribution in [3.05, 3.63) is 71.7 Å². The fourth-order valence-electron chi connectivity index (χ4n) is 4.05. The van der Waals surface area contributed by atoms with Gasteiger partial charge in [0.1, 0.15) is 23.8 Å². The molecule has 11 nitrogen and oxygen atoms in total. The monoisotopic (exact) mass is 633 g/mol. The quantitative estimate of drug-likeness (QED) is 0.217. The number of halogens is 3. The molecule has 0 aliphatic carbocycles. The number of nitrogens with zero attached hydrogens (tertiary/aromatic N) is 5. The maximum Gasteiger partial charge on any atom is 0.509 e. The van der Waals surface area contributed by atoms with Crippen molar-refractivity contribution in [3.63, 3.8) is 0 Å². The minimum absolute atomic E-state index is 0.0510. The predicted octanol–water partition coefficient (Wildman–Crippen LogP) is 5.94. The van der Waals surface area contributed by atoms with Crippen molar-refractivity contribution in [1.29, 1.82) is 0 Å². The zero-order valence-electron chi connectivity index (χ0n) is 24.5. The molecule has 3 heterocycles. The Morgan fingerprint density at radius 1 is 1.02 bits per heavy atom. The lowest BCUT2D eigenvalue weighted by atomic mass is 10.2. The minimum Gasteiger partial charge on any atom is -0.484 e. The predicted molar refractivity (Wildman–Crippen MR) is 155 cm³/mol. The number of carbonyl (C=O) groups is 2. The summed E-state index contributed by atoms with van der Waals surface area (Å²) >= 11 is 0. The minimum atomic E-state index is -4.54. The van der Waals surface area contributed by atoms with Gasteiger partial charge in [0.25, 0.3) is 0 Å². The highest BCUT2D eigenvalue weighted by molar-refractivity contribution is 7.84. The second kappa shape index (κ2) is 13.0. The number of hydrogen-bond donors (Lipinski definition) is 0. The third kappa shape index (κ3) is 7.89. The summed E-state index contributed by atoms with van der Waals surface area (Å²) in [6, 6.07) is 10.6. The highest BCUT2D eigenvalue weighted by Crippen LogP contribution is 2.27. The van der Waals surface area contributed by atoms with Gasteiger partial charge in [-0.2, -0.15) is 13.2 Å². The second-order valence-corrected chi connectivity index (χ2v) is 11.9. The van der Waals surface area contributed by atoms with E-state index in [2.05, 4.69) is 15.0 Å². The number of imidazole rings is 1. The van der Waals surface area contributed by atoms with E-state index >= 15 is 0 Å². The van der Waals surface area contributed by atoms with E-state index in [9.17, 15) is 27.0 Å². The van der Waals surface area contributed by atoms with E-state index in [0.29, 0.717) is 16.6 Å². The van der Waals surface area contributed by atoms with E-state index in [4.69, 9.17) is 14.2 Å². The van der Waals surface area contributed by atoms with Crippen LogP contribution in [0.2, 0.25) is 0 Å². The summed E-state index contributed by atoms with van der Waals surface area (Å²) in [6.45, 7) is 4.87. The van der Waals surface area contributed by atoms with Crippen LogP contribution in [0.1, 0.15) is 37.6 Å². The van der Waals surface area contributed by atoms with E-state index < -0.39 is 41.4 Å². The van der Waals surface area contributed by atoms with E-state index in [1.54, 1.807) is 57.2 Å². The molecular weight excluding hydrogens is 603 g/mol. The highest BCUT2D eigenvalue weighted by Gasteiger charge is 2.30. The van der Waals surface area contributed by atoms with Gasteiger partial charge in [0.05, 0.1) is 33.3 Å². The van der Waals surface area contributed by atoms with Gasteiger partial charge < -0.3 is 14.2 Å². The largest absolute Gasteiger partial charge is 0.509 e. The van der Waals surface area contributed by atoms with Crippen LogP contribution in [-0.4, -0.2) is 61.3 Å². The van der Waals surface area contributed by atoms with Crippen molar-refractivity contribution in [1.82, 2.24) is 19.5 Å². The molecule has 15 heteroatoms. The molecule has 1 atom stereocenters. The van der Waals surface area contributed by atoms with Gasteiger partial charge in [-0.3, -0.25) is 14.1 Å². The van der Waals surface area contributed by atoms with Crippen molar-refractivity contribution in [2.24, 2.45) is 0 Å². The molecule has 44 heavy (non-hydrogen) atoms. The van der Waals surface area contributed by atoms with Gasteiger partial charge in [-0.1, -0.05) is 18.2 Å². The Hall–Kier alpha value is -4.53. The van der Waals surface area contributed by atoms with E-state index in [-0.39, 0.29) is 40.3 Å². The van der Waals surface area contributed by atoms with Crippen LogP contribution in [0, 0.1) is 6.92 Å². The van der Waals surface area contributed by atoms with Crippen LogP contribution in [0.4, 0.5) is 28.6 Å². The molecule has 4 aromatic rings. The molecule has 0 N–H and O–H groups in total. The zero-order valence-corrected chi connectivity index (χ0v) is 25.4. The first kappa shape index (κ1) is 32.4. The number of hydrogen-bond acceptors (Lipinski definition) is 9. The van der Waals surface area contributed by atoms with Gasteiger partial charge in [0.15, 0.2) is 6.61 Å². The number of pyridine rings is 2. The lowest BCUT2D eigenvalue weighted by molar-refractivity contribution is -0.153. The summed E-state index contributed by atoms with van der Waals surface area (Å²) in [4.78, 5) is 40.2. The summed E-state index contributed by atoms with van der Waals surface area (Å²) in [5, 5.41) is -0.103. The third-order valence-electron chi connectivity index (χ3n) is 6.05. The lowest BCUT2D eigenvalue weighted by Gasteiger charge is -2.22. The average Bonchev–Trinajstić information content (AvgIpc) is 3.34. The van der Waals surface area contributed by atoms with Crippen molar-refractivity contribution in [2.45, 2.75) is 57.0 Å². The van der Waals surface area contributed by atoms with E-state index in [1.165, 1.54) is 41.9 Å². The summed E-state index contributed by atoms with van der Waals surface area (Å²) in [6.07, 6.45) is -2.71. The molecule has 0 saturated carbocycles. The molecule has 0 bridgehead atoms. The van der Waals surface area contributed by atoms with Gasteiger partial charge in [-0.25, -0.2) is 24.1 Å². The van der Waals surface area contributed by atoms with Crippen LogP contribution in [0.5, 0.6) is 5.75 Å². The fourth-order valence-corrected chi connectivity index (χ4v) is 5.30. The van der Waals surface area contributed by atoms with E-state index in [1.807, 2.05) is 0 Å². The topological polar surface area (TPSA) is 126 Å². The lowest BCUT2D eigenvalue weighted by Crippen LogP contribution is -2.34. The maximum atomic E-state index is 14.0. The Morgan fingerprint density at radius 2 is 1.75 bits per heavy atom. The molecule has 1 aromatic carbocycles. The molecule has 4 rings (SSSR count). The molecule has 0 aliphatic heterocycles. The van der Waals surface area contributed by atoms with Gasteiger partial charge in [-0.05, 0) is 52.0 Å². The Balaban J connectivity index is 1.64. The number of anilines is 1. The van der Waals surface area contributed by atoms with Gasteiger partial charge in [0.2, 0.25) is 5.16 Å². The molecule has 0 spiro atoms. The van der Waals surface area contributed by atoms with Gasteiger partial charge in [-0.15, -0.1) is 0 Å². The molecule has 0 aliphatic rings. The van der Waals surface area contributed by atoms with Crippen molar-refractivity contribution in [3.8, 4) is 5.75 Å². The number of ether oxygens (including phenoxy) is 3. The molecule has 0 fully saturated rings. The number of alkyl halides is 3. The standard InChI is InChI=1S/C29H30F3N5O6S/c1-18-21(33-14-12-23(18)42-17-29(30,31)32)16-44(40)25-35-20-10-6-7-11-22(20)37(25)26(38)36(5)24-19(9-8-13-34-24)15-41-27(39)43-28(2,3)4/h6-14H,15-17H2,1-5H3/t44-/m1/s1. The first-order valence-electron chi connectivity index (χ1n) is 13.2. The molecule has 3 aromatic heterocycles. The Kier molecular flexibility index (Phi) is 9.56. The van der Waals surface area contributed by atoms with Crippen LogP contribution in [-0.2, 0) is 32.6 Å². The SMILES string of the molecule is Cc1c(OCC(F)(F)F)ccnc1C[S@@](=O)c1nc2ccccc2n1C(=O)N(C)c1ncccc1COC(=O)OC(C)(C)C. The maximum absolute atomic E-state index is 14.0. The summed E-state index contributed by atoms with van der Waals surface area (Å²) in [5.41, 5.74) is 0.882. The number of para-hydroxylation sites is 2. The third-order valence-corrected chi connectivity index (χ3v) is 7.27. The number of fused-ring (bicyclic) bond motifs is 1. The molecule has 1 amide bonds. The van der Waals surface area contributed by atoms with Crippen molar-refractivity contribution < 1.29 is 41.2 Å². The van der Waals surface area contributed by atoms with Crippen molar-refractivity contribution in [2.75, 3.05) is 18.6 Å². The summed E-state index contributed by atoms with van der Waals surface area (Å²) in [7, 11) is -0.524. The smallest absolute Gasteiger partial charge is 0.484 e. The Labute approximate surface area is 253 Å². The Morgan fingerprint density at radius 3 is 2.45 bits per heavy atom. The first-order chi connectivity index (χ1) is 20.6. The van der Waals surface area contributed by atoms with Crippen LogP contribution in [0.15, 0.2) is 60.0 Å². The average molecular weight is 634 g/mol. The number of rotatable bonds is 8. The van der Waals surface area contributed by atoms with E-state index in [0.717, 1.165) is 0 Å². The van der Waals surface area contributed by atoms with Crippen LogP contribution < -0.4 is 9.64 Å². The van der Waals surface area contributed by atoms with Crippen LogP contribution in [0.25, 0.3) is 11.0 Å². The first-order valence-corrected chi connectivity index (χ1v) is 14.5. The zero-order chi connectivity index (χ0) is 32.2. The Bertz CT molecular complexity index is 1700. The van der Waals surface area contributed by atoms with Gasteiger partial charge in [0, 0.05) is 30.6 Å². The highest BCUT2D eigenvalue weighted by atomic mass is 32.2. The summed E-state index contributed by atoms with van der Waals surface area (Å²) in [5.74, 6) is -0.138. The number of benzene rings is 1. The number of carbonyl (C=O) groups excluding carboxylic acids is 2. The van der Waals surface area contributed by atoms with Gasteiger partial charge >= 0.3 is 18.4 Å². The number of amides is 1. The molecule has 0 saturated heterocycles. The summed E-state index contributed by atoms with van der Waals surface area (Å²) < 4.78 is 68.3. The molecule has 0 unspecified atom stereocenters. The molecular formula is C29H30F3N5O6S. The van der Waals surface area contributed by atoms with Crippen LogP contribution in [0.3, 0.4) is 0 Å². The molecule has 0 radical (unpaired) electrons.